The monoisotopic (exact) mass is 376 g/mol. The van der Waals surface area contributed by atoms with E-state index in [1.807, 2.05) is 20.8 Å². The number of carbonyl (C=O) groups is 2. The molecule has 0 spiro atoms. The third-order valence-corrected chi connectivity index (χ3v) is 5.30. The second kappa shape index (κ2) is 6.83. The Hall–Kier alpha value is -2.22. The third-order valence-electron chi connectivity index (χ3n) is 4.21. The van der Waals surface area contributed by atoms with Gasteiger partial charge in [-0.05, 0) is 27.2 Å². The summed E-state index contributed by atoms with van der Waals surface area (Å²) in [7, 11) is 3.47. The number of fused-ring (bicyclic) bond motifs is 1. The van der Waals surface area contributed by atoms with Crippen molar-refractivity contribution in [3.8, 4) is 0 Å². The van der Waals surface area contributed by atoms with E-state index < -0.39 is 5.60 Å². The summed E-state index contributed by atoms with van der Waals surface area (Å²) in [6.07, 6.45) is 3.73. The number of carbonyl (C=O) groups excluding carboxylic acids is 2. The molecule has 8 heteroatoms. The van der Waals surface area contributed by atoms with Crippen molar-refractivity contribution in [1.29, 1.82) is 0 Å². The van der Waals surface area contributed by atoms with E-state index in [4.69, 9.17) is 4.74 Å². The van der Waals surface area contributed by atoms with E-state index in [0.29, 0.717) is 18.0 Å². The van der Waals surface area contributed by atoms with Crippen LogP contribution in [0.25, 0.3) is 10.3 Å². The molecular weight excluding hydrogens is 352 g/mol. The predicted octanol–water partition coefficient (Wildman–Crippen LogP) is 3.12. The van der Waals surface area contributed by atoms with E-state index in [0.717, 1.165) is 22.3 Å². The molecule has 1 aliphatic rings. The van der Waals surface area contributed by atoms with E-state index in [9.17, 15) is 9.59 Å². The standard InChI is InChI=1S/C18H24N4O3S/c1-18(2,3)25-17(24)22-9-6-11(10-22)12-13-15(20-8-7-19-13)26-14(12)16(23)21(4)5/h7-8,11H,6,9-10H2,1-5H3. The zero-order valence-electron chi connectivity index (χ0n) is 15.8. The first-order valence-corrected chi connectivity index (χ1v) is 9.42. The maximum Gasteiger partial charge on any atom is 0.410 e. The lowest BCUT2D eigenvalue weighted by Crippen LogP contribution is -2.35. The van der Waals surface area contributed by atoms with Crippen LogP contribution in [0, 0.1) is 0 Å². The second-order valence-electron chi connectivity index (χ2n) is 7.67. The molecule has 2 aromatic rings. The molecular formula is C18H24N4O3S. The Morgan fingerprint density at radius 2 is 1.96 bits per heavy atom. The first-order chi connectivity index (χ1) is 12.2. The van der Waals surface area contributed by atoms with E-state index in [2.05, 4.69) is 9.97 Å². The molecule has 1 saturated heterocycles. The van der Waals surface area contributed by atoms with Gasteiger partial charge in [-0.3, -0.25) is 9.78 Å². The molecule has 0 radical (unpaired) electrons. The van der Waals surface area contributed by atoms with Crippen LogP contribution in [0.4, 0.5) is 4.79 Å². The van der Waals surface area contributed by atoms with Gasteiger partial charge in [-0.15, -0.1) is 11.3 Å². The van der Waals surface area contributed by atoms with Gasteiger partial charge in [0.2, 0.25) is 0 Å². The second-order valence-corrected chi connectivity index (χ2v) is 8.67. The molecule has 26 heavy (non-hydrogen) atoms. The smallest absolute Gasteiger partial charge is 0.410 e. The maximum atomic E-state index is 12.7. The molecule has 3 heterocycles. The summed E-state index contributed by atoms with van der Waals surface area (Å²) in [5, 5.41) is 0. The predicted molar refractivity (Wildman–Crippen MR) is 101 cm³/mol. The van der Waals surface area contributed by atoms with Gasteiger partial charge < -0.3 is 14.5 Å². The van der Waals surface area contributed by atoms with Gasteiger partial charge in [0, 0.05) is 51.1 Å². The number of aromatic nitrogens is 2. The zero-order chi connectivity index (χ0) is 19.1. The van der Waals surface area contributed by atoms with Crippen molar-refractivity contribution in [3.05, 3.63) is 22.8 Å². The van der Waals surface area contributed by atoms with Gasteiger partial charge in [0.25, 0.3) is 5.91 Å². The Balaban J connectivity index is 1.92. The van der Waals surface area contributed by atoms with Crippen molar-refractivity contribution in [2.75, 3.05) is 27.2 Å². The number of amides is 2. The van der Waals surface area contributed by atoms with E-state index in [1.165, 1.54) is 11.3 Å². The molecule has 2 aromatic heterocycles. The van der Waals surface area contributed by atoms with Gasteiger partial charge in [-0.2, -0.15) is 0 Å². The molecule has 0 N–H and O–H groups in total. The van der Waals surface area contributed by atoms with Crippen molar-refractivity contribution in [3.63, 3.8) is 0 Å². The summed E-state index contributed by atoms with van der Waals surface area (Å²) in [5.41, 5.74) is 1.14. The largest absolute Gasteiger partial charge is 0.444 e. The van der Waals surface area contributed by atoms with Crippen molar-refractivity contribution in [2.24, 2.45) is 0 Å². The Morgan fingerprint density at radius 1 is 1.27 bits per heavy atom. The lowest BCUT2D eigenvalue weighted by Gasteiger charge is -2.24. The number of ether oxygens (including phenoxy) is 1. The fourth-order valence-corrected chi connectivity index (χ4v) is 4.28. The van der Waals surface area contributed by atoms with E-state index in [-0.39, 0.29) is 17.9 Å². The molecule has 0 aromatic carbocycles. The molecule has 0 bridgehead atoms. The van der Waals surface area contributed by atoms with E-state index in [1.54, 1.807) is 36.3 Å². The van der Waals surface area contributed by atoms with Gasteiger partial charge in [-0.25, -0.2) is 9.78 Å². The van der Waals surface area contributed by atoms with Gasteiger partial charge in [0.15, 0.2) is 0 Å². The van der Waals surface area contributed by atoms with Crippen LogP contribution in [0.2, 0.25) is 0 Å². The van der Waals surface area contributed by atoms with Crippen LogP contribution in [-0.2, 0) is 4.74 Å². The number of thiophene rings is 1. The van der Waals surface area contributed by atoms with Crippen LogP contribution >= 0.6 is 11.3 Å². The number of rotatable bonds is 2. The summed E-state index contributed by atoms with van der Waals surface area (Å²) in [6.45, 7) is 6.69. The summed E-state index contributed by atoms with van der Waals surface area (Å²) in [4.78, 5) is 38.5. The van der Waals surface area contributed by atoms with E-state index >= 15 is 0 Å². The first kappa shape index (κ1) is 18.6. The van der Waals surface area contributed by atoms with Crippen LogP contribution in [-0.4, -0.2) is 64.6 Å². The molecule has 1 atom stereocenters. The van der Waals surface area contributed by atoms with Crippen LogP contribution in [0.5, 0.6) is 0 Å². The van der Waals surface area contributed by atoms with Crippen LogP contribution < -0.4 is 0 Å². The van der Waals surface area contributed by atoms with Crippen molar-refractivity contribution >= 4 is 33.7 Å². The van der Waals surface area contributed by atoms with Crippen LogP contribution in [0.15, 0.2) is 12.4 Å². The molecule has 7 nitrogen and oxygen atoms in total. The first-order valence-electron chi connectivity index (χ1n) is 8.60. The Morgan fingerprint density at radius 3 is 2.62 bits per heavy atom. The molecule has 1 unspecified atom stereocenters. The summed E-state index contributed by atoms with van der Waals surface area (Å²) >= 11 is 1.37. The van der Waals surface area contributed by atoms with Gasteiger partial charge in [0.1, 0.15) is 15.9 Å². The average molecular weight is 376 g/mol. The lowest BCUT2D eigenvalue weighted by atomic mass is 9.97. The molecule has 3 rings (SSSR count). The number of nitrogens with zero attached hydrogens (tertiary/aromatic N) is 4. The third kappa shape index (κ3) is 3.65. The number of likely N-dealkylation sites (tertiary alicyclic amines) is 1. The fraction of sp³-hybridized carbons (Fsp3) is 0.556. The van der Waals surface area contributed by atoms with Gasteiger partial charge in [0.05, 0.1) is 4.88 Å². The molecule has 1 fully saturated rings. The fourth-order valence-electron chi connectivity index (χ4n) is 3.07. The Labute approximate surface area is 157 Å². The topological polar surface area (TPSA) is 75.6 Å². The van der Waals surface area contributed by atoms with Crippen molar-refractivity contribution < 1.29 is 14.3 Å². The number of hydrogen-bond donors (Lipinski definition) is 0. The summed E-state index contributed by atoms with van der Waals surface area (Å²) < 4.78 is 5.48. The molecule has 0 saturated carbocycles. The summed E-state index contributed by atoms with van der Waals surface area (Å²) in [5.74, 6) is -0.00705. The highest BCUT2D eigenvalue weighted by atomic mass is 32.1. The van der Waals surface area contributed by atoms with Gasteiger partial charge >= 0.3 is 6.09 Å². The quantitative estimate of drug-likeness (QED) is 0.805. The molecule has 1 aliphatic heterocycles. The van der Waals surface area contributed by atoms with Crippen LogP contribution in [0.3, 0.4) is 0 Å². The maximum absolute atomic E-state index is 12.7. The molecule has 0 aliphatic carbocycles. The average Bonchev–Trinajstić information content (AvgIpc) is 3.16. The zero-order valence-corrected chi connectivity index (χ0v) is 16.6. The highest BCUT2D eigenvalue weighted by molar-refractivity contribution is 7.20. The highest BCUT2D eigenvalue weighted by Gasteiger charge is 2.35. The normalized spacial score (nSPS) is 17.6. The molecule has 140 valence electrons. The minimum Gasteiger partial charge on any atom is -0.444 e. The van der Waals surface area contributed by atoms with Crippen molar-refractivity contribution in [2.45, 2.75) is 38.7 Å². The minimum atomic E-state index is -0.526. The Bertz CT molecular complexity index is 841. The minimum absolute atomic E-state index is 0.0480. The van der Waals surface area contributed by atoms with Gasteiger partial charge in [-0.1, -0.05) is 0 Å². The summed E-state index contributed by atoms with van der Waals surface area (Å²) in [6, 6.07) is 0. The highest BCUT2D eigenvalue weighted by Crippen LogP contribution is 2.39. The SMILES string of the molecule is CN(C)C(=O)c1sc2nccnc2c1C1CCN(C(=O)OC(C)(C)C)C1. The molecule has 2 amide bonds. The van der Waals surface area contributed by atoms with Crippen LogP contribution in [0.1, 0.15) is 48.3 Å². The Kier molecular flexibility index (Phi) is 4.88. The van der Waals surface area contributed by atoms with Crippen molar-refractivity contribution in [1.82, 2.24) is 19.8 Å². The lowest BCUT2D eigenvalue weighted by molar-refractivity contribution is 0.0292. The number of hydrogen-bond acceptors (Lipinski definition) is 6.